The molecule has 0 aliphatic carbocycles. The van der Waals surface area contributed by atoms with Crippen molar-refractivity contribution in [1.29, 1.82) is 0 Å². The molecule has 5 heteroatoms. The van der Waals surface area contributed by atoms with Crippen molar-refractivity contribution in [3.8, 4) is 5.75 Å². The van der Waals surface area contributed by atoms with Gasteiger partial charge < -0.3 is 10.8 Å². The minimum absolute atomic E-state index is 0.0893. The van der Waals surface area contributed by atoms with Crippen molar-refractivity contribution in [2.45, 2.75) is 12.5 Å². The highest BCUT2D eigenvalue weighted by Gasteiger charge is 2.20. The van der Waals surface area contributed by atoms with Gasteiger partial charge in [0, 0.05) is 0 Å². The first-order valence-corrected chi connectivity index (χ1v) is 4.34. The zero-order valence-corrected chi connectivity index (χ0v) is 8.13. The van der Waals surface area contributed by atoms with E-state index in [1.54, 1.807) is 0 Å². The first kappa shape index (κ1) is 10.4. The van der Waals surface area contributed by atoms with Crippen LogP contribution in [0, 0.1) is 0 Å². The van der Waals surface area contributed by atoms with Gasteiger partial charge in [-0.25, -0.2) is 8.78 Å². The Morgan fingerprint density at radius 2 is 2.00 bits per heavy atom. The molecule has 0 saturated carbocycles. The van der Waals surface area contributed by atoms with Crippen molar-refractivity contribution in [2.75, 3.05) is 0 Å². The van der Waals surface area contributed by atoms with E-state index in [9.17, 15) is 13.9 Å². The zero-order chi connectivity index (χ0) is 10.0. The standard InChI is InChI=1S/C8H8BrF2NO/c9-6-4(7(12)8(10)11)2-1-3-5(6)13/h1-3,7-8,13H,12H2. The smallest absolute Gasteiger partial charge is 0.257 e. The second-order valence-corrected chi connectivity index (χ2v) is 3.33. The van der Waals surface area contributed by atoms with Crippen molar-refractivity contribution in [1.82, 2.24) is 0 Å². The van der Waals surface area contributed by atoms with Crippen LogP contribution in [-0.2, 0) is 0 Å². The SMILES string of the molecule is NC(c1cccc(O)c1Br)C(F)F. The van der Waals surface area contributed by atoms with Gasteiger partial charge in [-0.15, -0.1) is 0 Å². The molecule has 1 atom stereocenters. The van der Waals surface area contributed by atoms with Gasteiger partial charge in [-0.05, 0) is 27.6 Å². The lowest BCUT2D eigenvalue weighted by Gasteiger charge is -2.12. The van der Waals surface area contributed by atoms with Gasteiger partial charge in [0.25, 0.3) is 6.43 Å². The Labute approximate surface area is 82.5 Å². The lowest BCUT2D eigenvalue weighted by Crippen LogP contribution is -2.19. The molecule has 0 saturated heterocycles. The van der Waals surface area contributed by atoms with E-state index in [1.165, 1.54) is 18.2 Å². The van der Waals surface area contributed by atoms with Gasteiger partial charge in [-0.3, -0.25) is 0 Å². The molecule has 0 aromatic heterocycles. The maximum absolute atomic E-state index is 12.2. The average Bonchev–Trinajstić information content (AvgIpc) is 2.08. The van der Waals surface area contributed by atoms with Crippen molar-refractivity contribution in [3.05, 3.63) is 28.2 Å². The molecule has 1 aromatic rings. The molecule has 0 spiro atoms. The Kier molecular flexibility index (Phi) is 3.22. The Balaban J connectivity index is 3.07. The van der Waals surface area contributed by atoms with Gasteiger partial charge >= 0.3 is 0 Å². The molecule has 1 aromatic carbocycles. The third kappa shape index (κ3) is 2.16. The molecule has 1 unspecified atom stereocenters. The van der Waals surface area contributed by atoms with Gasteiger partial charge in [0.1, 0.15) is 5.75 Å². The third-order valence-electron chi connectivity index (χ3n) is 1.64. The van der Waals surface area contributed by atoms with Crippen LogP contribution in [0.25, 0.3) is 0 Å². The van der Waals surface area contributed by atoms with Gasteiger partial charge in [0.2, 0.25) is 0 Å². The average molecular weight is 252 g/mol. The first-order valence-electron chi connectivity index (χ1n) is 3.55. The Morgan fingerprint density at radius 1 is 1.38 bits per heavy atom. The predicted molar refractivity (Wildman–Crippen MR) is 48.7 cm³/mol. The summed E-state index contributed by atoms with van der Waals surface area (Å²) < 4.78 is 24.6. The van der Waals surface area contributed by atoms with E-state index >= 15 is 0 Å². The van der Waals surface area contributed by atoms with Crippen LogP contribution in [0.2, 0.25) is 0 Å². The Bertz CT molecular complexity index is 306. The number of hydrogen-bond donors (Lipinski definition) is 2. The van der Waals surface area contributed by atoms with E-state index < -0.39 is 12.5 Å². The normalized spacial score (nSPS) is 13.3. The van der Waals surface area contributed by atoms with Gasteiger partial charge in [0.15, 0.2) is 0 Å². The quantitative estimate of drug-likeness (QED) is 0.848. The third-order valence-corrected chi connectivity index (χ3v) is 2.50. The van der Waals surface area contributed by atoms with Crippen LogP contribution in [0.1, 0.15) is 11.6 Å². The molecule has 0 aliphatic rings. The van der Waals surface area contributed by atoms with Gasteiger partial charge in [-0.1, -0.05) is 12.1 Å². The maximum atomic E-state index is 12.2. The summed E-state index contributed by atoms with van der Waals surface area (Å²) in [6, 6.07) is 2.94. The van der Waals surface area contributed by atoms with E-state index in [2.05, 4.69) is 15.9 Å². The number of halogens is 3. The number of rotatable bonds is 2. The maximum Gasteiger partial charge on any atom is 0.257 e. The molecule has 0 aliphatic heterocycles. The molecule has 0 bridgehead atoms. The number of phenols is 1. The van der Waals surface area contributed by atoms with E-state index in [1.807, 2.05) is 0 Å². The van der Waals surface area contributed by atoms with Crippen LogP contribution in [-0.4, -0.2) is 11.5 Å². The van der Waals surface area contributed by atoms with E-state index in [0.717, 1.165) is 0 Å². The van der Waals surface area contributed by atoms with Crippen LogP contribution in [0.15, 0.2) is 22.7 Å². The minimum atomic E-state index is -2.64. The number of phenolic OH excluding ortho intramolecular Hbond substituents is 1. The molecular formula is C8H8BrF2NO. The van der Waals surface area contributed by atoms with E-state index in [4.69, 9.17) is 5.73 Å². The van der Waals surface area contributed by atoms with Crippen LogP contribution in [0.3, 0.4) is 0 Å². The first-order chi connectivity index (χ1) is 6.04. The molecule has 0 radical (unpaired) electrons. The largest absolute Gasteiger partial charge is 0.507 e. The summed E-state index contributed by atoms with van der Waals surface area (Å²) in [7, 11) is 0. The summed E-state index contributed by atoms with van der Waals surface area (Å²) in [5.41, 5.74) is 5.42. The summed E-state index contributed by atoms with van der Waals surface area (Å²) >= 11 is 2.99. The molecule has 0 heterocycles. The lowest BCUT2D eigenvalue weighted by molar-refractivity contribution is 0.116. The van der Waals surface area contributed by atoms with Crippen LogP contribution < -0.4 is 5.73 Å². The fraction of sp³-hybridized carbons (Fsp3) is 0.250. The number of alkyl halides is 2. The fourth-order valence-electron chi connectivity index (χ4n) is 0.930. The highest BCUT2D eigenvalue weighted by Crippen LogP contribution is 2.32. The topological polar surface area (TPSA) is 46.2 Å². The summed E-state index contributed by atoms with van der Waals surface area (Å²) in [6.45, 7) is 0. The number of hydrogen-bond acceptors (Lipinski definition) is 2. The lowest BCUT2D eigenvalue weighted by atomic mass is 10.1. The van der Waals surface area contributed by atoms with E-state index in [-0.39, 0.29) is 15.8 Å². The zero-order valence-electron chi connectivity index (χ0n) is 6.55. The van der Waals surface area contributed by atoms with Crippen LogP contribution in [0.4, 0.5) is 8.78 Å². The second kappa shape index (κ2) is 4.02. The number of nitrogens with two attached hydrogens (primary N) is 1. The highest BCUT2D eigenvalue weighted by molar-refractivity contribution is 9.10. The summed E-state index contributed by atoms with van der Waals surface area (Å²) in [4.78, 5) is 0. The fourth-order valence-corrected chi connectivity index (χ4v) is 1.46. The second-order valence-electron chi connectivity index (χ2n) is 2.54. The highest BCUT2D eigenvalue weighted by atomic mass is 79.9. The number of aromatic hydroxyl groups is 1. The molecule has 0 amide bonds. The molecule has 1 rings (SSSR count). The summed E-state index contributed by atoms with van der Waals surface area (Å²) in [6.07, 6.45) is -2.64. The number of benzene rings is 1. The predicted octanol–water partition coefficient (Wildman–Crippen LogP) is 2.42. The summed E-state index contributed by atoms with van der Waals surface area (Å²) in [5, 5.41) is 9.18. The molecule has 72 valence electrons. The molecule has 0 fully saturated rings. The van der Waals surface area contributed by atoms with Gasteiger partial charge in [0.05, 0.1) is 10.5 Å². The van der Waals surface area contributed by atoms with E-state index in [0.29, 0.717) is 0 Å². The monoisotopic (exact) mass is 251 g/mol. The van der Waals surface area contributed by atoms with Crippen molar-refractivity contribution in [2.24, 2.45) is 5.73 Å². The Morgan fingerprint density at radius 3 is 2.54 bits per heavy atom. The van der Waals surface area contributed by atoms with Crippen molar-refractivity contribution < 1.29 is 13.9 Å². The van der Waals surface area contributed by atoms with Crippen molar-refractivity contribution in [3.63, 3.8) is 0 Å². The molecule has 13 heavy (non-hydrogen) atoms. The molecule has 2 nitrogen and oxygen atoms in total. The van der Waals surface area contributed by atoms with Crippen LogP contribution in [0.5, 0.6) is 5.75 Å². The minimum Gasteiger partial charge on any atom is -0.507 e. The molecular weight excluding hydrogens is 244 g/mol. The summed E-state index contributed by atoms with van der Waals surface area (Å²) in [5.74, 6) is -0.0893. The molecule has 3 N–H and O–H groups in total. The Hall–Kier alpha value is -0.680. The van der Waals surface area contributed by atoms with Gasteiger partial charge in [-0.2, -0.15) is 0 Å². The van der Waals surface area contributed by atoms with Crippen molar-refractivity contribution >= 4 is 15.9 Å². The van der Waals surface area contributed by atoms with Crippen LogP contribution >= 0.6 is 15.9 Å².